The number of hydrogen-bond acceptors (Lipinski definition) is 3. The summed E-state index contributed by atoms with van der Waals surface area (Å²) >= 11 is 0. The molecule has 2 fully saturated rings. The van der Waals surface area contributed by atoms with E-state index in [1.54, 1.807) is 18.2 Å². The van der Waals surface area contributed by atoms with Crippen LogP contribution < -0.4 is 10.6 Å². The zero-order valence-corrected chi connectivity index (χ0v) is 17.7. The van der Waals surface area contributed by atoms with Crippen molar-refractivity contribution in [1.29, 1.82) is 0 Å². The fraction of sp³-hybridized carbons (Fsp3) is 0.400. The van der Waals surface area contributed by atoms with Gasteiger partial charge in [0.25, 0.3) is 5.91 Å². The van der Waals surface area contributed by atoms with Gasteiger partial charge in [-0.3, -0.25) is 14.4 Å². The molecular formula is C25H29N3O3. The van der Waals surface area contributed by atoms with Crippen LogP contribution in [0.25, 0.3) is 0 Å². The number of hydrogen-bond donors (Lipinski definition) is 2. The number of carbonyl (C=O) groups is 3. The molecule has 3 amide bonds. The van der Waals surface area contributed by atoms with Crippen molar-refractivity contribution in [3.8, 4) is 0 Å². The number of benzene rings is 2. The molecular weight excluding hydrogens is 390 g/mol. The molecule has 31 heavy (non-hydrogen) atoms. The van der Waals surface area contributed by atoms with Crippen LogP contribution in [0.5, 0.6) is 0 Å². The lowest BCUT2D eigenvalue weighted by molar-refractivity contribution is -0.135. The lowest BCUT2D eigenvalue weighted by atomic mass is 9.95. The summed E-state index contributed by atoms with van der Waals surface area (Å²) in [5.74, 6) is 0.0474. The van der Waals surface area contributed by atoms with Crippen LogP contribution in [0.2, 0.25) is 0 Å². The van der Waals surface area contributed by atoms with Gasteiger partial charge < -0.3 is 15.5 Å². The van der Waals surface area contributed by atoms with E-state index in [2.05, 4.69) is 10.6 Å². The van der Waals surface area contributed by atoms with Crippen LogP contribution in [-0.2, 0) is 16.0 Å². The van der Waals surface area contributed by atoms with Crippen molar-refractivity contribution in [3.63, 3.8) is 0 Å². The maximum absolute atomic E-state index is 12.8. The summed E-state index contributed by atoms with van der Waals surface area (Å²) in [5.41, 5.74) is 2.15. The molecule has 1 aliphatic carbocycles. The highest BCUT2D eigenvalue weighted by molar-refractivity contribution is 6.04. The van der Waals surface area contributed by atoms with E-state index in [-0.39, 0.29) is 29.6 Å². The highest BCUT2D eigenvalue weighted by atomic mass is 16.2. The van der Waals surface area contributed by atoms with Crippen LogP contribution in [0.4, 0.5) is 5.69 Å². The van der Waals surface area contributed by atoms with E-state index in [4.69, 9.17) is 0 Å². The van der Waals surface area contributed by atoms with Gasteiger partial charge in [-0.2, -0.15) is 0 Å². The molecule has 1 aliphatic heterocycles. The van der Waals surface area contributed by atoms with E-state index in [1.807, 2.05) is 41.3 Å². The summed E-state index contributed by atoms with van der Waals surface area (Å²) in [4.78, 5) is 39.6. The molecule has 162 valence electrons. The van der Waals surface area contributed by atoms with E-state index >= 15 is 0 Å². The summed E-state index contributed by atoms with van der Waals surface area (Å²) in [6.45, 7) is 1.79. The third-order valence-corrected chi connectivity index (χ3v) is 6.08. The Bertz CT molecular complexity index is 932. The summed E-state index contributed by atoms with van der Waals surface area (Å²) in [6.07, 6.45) is 4.08. The number of amides is 3. The summed E-state index contributed by atoms with van der Waals surface area (Å²) in [5, 5.41) is 5.89. The van der Waals surface area contributed by atoms with Crippen molar-refractivity contribution in [3.05, 3.63) is 65.7 Å². The van der Waals surface area contributed by atoms with Crippen molar-refractivity contribution >= 4 is 23.4 Å². The van der Waals surface area contributed by atoms with Crippen LogP contribution in [0.3, 0.4) is 0 Å². The van der Waals surface area contributed by atoms with Crippen LogP contribution in [0.15, 0.2) is 54.6 Å². The molecule has 1 saturated carbocycles. The largest absolute Gasteiger partial charge is 0.352 e. The van der Waals surface area contributed by atoms with Gasteiger partial charge in [0.2, 0.25) is 11.8 Å². The molecule has 0 radical (unpaired) electrons. The number of likely N-dealkylation sites (tertiary alicyclic amines) is 1. The van der Waals surface area contributed by atoms with Crippen molar-refractivity contribution < 1.29 is 14.4 Å². The highest BCUT2D eigenvalue weighted by Gasteiger charge is 2.36. The molecule has 2 aromatic carbocycles. The maximum Gasteiger partial charge on any atom is 0.253 e. The predicted molar refractivity (Wildman–Crippen MR) is 120 cm³/mol. The van der Waals surface area contributed by atoms with Crippen LogP contribution >= 0.6 is 0 Å². The number of carbonyl (C=O) groups excluding carboxylic acids is 3. The highest BCUT2D eigenvalue weighted by Crippen LogP contribution is 2.32. The molecule has 2 N–H and O–H groups in total. The summed E-state index contributed by atoms with van der Waals surface area (Å²) < 4.78 is 0. The van der Waals surface area contributed by atoms with Crippen molar-refractivity contribution in [2.75, 3.05) is 25.0 Å². The average Bonchev–Trinajstić information content (AvgIpc) is 3.65. The van der Waals surface area contributed by atoms with E-state index in [1.165, 1.54) is 0 Å². The van der Waals surface area contributed by atoms with Crippen LogP contribution in [-0.4, -0.2) is 42.3 Å². The third-order valence-electron chi connectivity index (χ3n) is 6.08. The Hall–Kier alpha value is -3.15. The topological polar surface area (TPSA) is 78.5 Å². The minimum Gasteiger partial charge on any atom is -0.352 e. The second-order valence-corrected chi connectivity index (χ2v) is 8.40. The standard InChI is InChI=1S/C25H29N3O3/c29-23(19-13-16-28(17-14-19)25(31)20-10-11-20)27-22-9-5-4-8-21(22)24(30)26-15-12-18-6-2-1-3-7-18/h1-9,19-20H,10-17H2,(H,26,30)(H,27,29). The number of para-hydroxylation sites is 1. The smallest absolute Gasteiger partial charge is 0.253 e. The predicted octanol–water partition coefficient (Wildman–Crippen LogP) is 3.25. The Morgan fingerprint density at radius 1 is 0.839 bits per heavy atom. The Morgan fingerprint density at radius 3 is 2.23 bits per heavy atom. The molecule has 0 aromatic heterocycles. The zero-order valence-electron chi connectivity index (χ0n) is 17.7. The second kappa shape index (κ2) is 9.77. The molecule has 6 nitrogen and oxygen atoms in total. The lowest BCUT2D eigenvalue weighted by Gasteiger charge is -2.31. The molecule has 2 aromatic rings. The van der Waals surface area contributed by atoms with Gasteiger partial charge >= 0.3 is 0 Å². The summed E-state index contributed by atoms with van der Waals surface area (Å²) in [7, 11) is 0. The number of nitrogens with zero attached hydrogens (tertiary/aromatic N) is 1. The quantitative estimate of drug-likeness (QED) is 0.723. The number of anilines is 1. The Kier molecular flexibility index (Phi) is 6.65. The van der Waals surface area contributed by atoms with Crippen molar-refractivity contribution in [2.45, 2.75) is 32.1 Å². The average molecular weight is 420 g/mol. The normalized spacial score (nSPS) is 16.6. The van der Waals surface area contributed by atoms with Gasteiger partial charge in [0.1, 0.15) is 0 Å². The number of rotatable bonds is 7. The monoisotopic (exact) mass is 419 g/mol. The van der Waals surface area contributed by atoms with E-state index in [0.717, 1.165) is 24.8 Å². The first kappa shape index (κ1) is 21.1. The Balaban J connectivity index is 1.30. The molecule has 1 saturated heterocycles. The number of piperidine rings is 1. The van der Waals surface area contributed by atoms with Gasteiger partial charge in [-0.05, 0) is 49.8 Å². The minimum atomic E-state index is -0.198. The molecule has 0 unspecified atom stereocenters. The molecule has 4 rings (SSSR count). The van der Waals surface area contributed by atoms with Crippen LogP contribution in [0, 0.1) is 11.8 Å². The third kappa shape index (κ3) is 5.51. The molecule has 0 spiro atoms. The van der Waals surface area contributed by atoms with Crippen LogP contribution in [0.1, 0.15) is 41.6 Å². The van der Waals surface area contributed by atoms with Gasteiger partial charge in [0.05, 0.1) is 11.3 Å². The fourth-order valence-electron chi connectivity index (χ4n) is 4.04. The van der Waals surface area contributed by atoms with E-state index in [0.29, 0.717) is 43.7 Å². The van der Waals surface area contributed by atoms with Crippen molar-refractivity contribution in [2.24, 2.45) is 11.8 Å². The zero-order chi connectivity index (χ0) is 21.6. The van der Waals surface area contributed by atoms with E-state index < -0.39 is 0 Å². The van der Waals surface area contributed by atoms with Gasteiger partial charge in [-0.1, -0.05) is 42.5 Å². The van der Waals surface area contributed by atoms with Gasteiger partial charge in [0.15, 0.2) is 0 Å². The van der Waals surface area contributed by atoms with Crippen molar-refractivity contribution in [1.82, 2.24) is 10.2 Å². The lowest BCUT2D eigenvalue weighted by Crippen LogP contribution is -2.42. The second-order valence-electron chi connectivity index (χ2n) is 8.40. The Labute approximate surface area is 183 Å². The van der Waals surface area contributed by atoms with Gasteiger partial charge in [-0.15, -0.1) is 0 Å². The molecule has 2 aliphatic rings. The molecule has 1 heterocycles. The van der Waals surface area contributed by atoms with Gasteiger partial charge in [-0.25, -0.2) is 0 Å². The maximum atomic E-state index is 12.8. The first-order valence-corrected chi connectivity index (χ1v) is 11.1. The first-order valence-electron chi connectivity index (χ1n) is 11.1. The van der Waals surface area contributed by atoms with Gasteiger partial charge in [0, 0.05) is 31.5 Å². The number of nitrogens with one attached hydrogen (secondary N) is 2. The molecule has 0 bridgehead atoms. The molecule has 6 heteroatoms. The Morgan fingerprint density at radius 2 is 1.52 bits per heavy atom. The molecule has 0 atom stereocenters. The first-order chi connectivity index (χ1) is 15.1. The van der Waals surface area contributed by atoms with E-state index in [9.17, 15) is 14.4 Å². The minimum absolute atomic E-state index is 0.0805. The summed E-state index contributed by atoms with van der Waals surface area (Å²) in [6, 6.07) is 17.1. The fourth-order valence-corrected chi connectivity index (χ4v) is 4.04. The SMILES string of the molecule is O=C(NCCc1ccccc1)c1ccccc1NC(=O)C1CCN(C(=O)C2CC2)CC1.